The van der Waals surface area contributed by atoms with Crippen molar-refractivity contribution >= 4 is 5.91 Å². The average Bonchev–Trinajstić information content (AvgIpc) is 3.31. The number of hydrogen-bond donors (Lipinski definition) is 1. The zero-order valence-electron chi connectivity index (χ0n) is 14.9. The molecule has 2 aromatic rings. The molecule has 5 rings (SSSR count). The van der Waals surface area contributed by atoms with Crippen molar-refractivity contribution in [3.63, 3.8) is 0 Å². The van der Waals surface area contributed by atoms with Gasteiger partial charge in [-0.1, -0.05) is 18.2 Å². The van der Waals surface area contributed by atoms with Crippen molar-refractivity contribution in [2.45, 2.75) is 44.3 Å². The summed E-state index contributed by atoms with van der Waals surface area (Å²) in [4.78, 5) is 15.2. The minimum Gasteiger partial charge on any atom is -0.493 e. The number of fused-ring (bicyclic) bond motifs is 2. The molecule has 6 heteroatoms. The zero-order chi connectivity index (χ0) is 17.5. The Hall–Kier alpha value is -2.34. The van der Waals surface area contributed by atoms with E-state index < -0.39 is 0 Å². The second kappa shape index (κ2) is 6.43. The van der Waals surface area contributed by atoms with Crippen LogP contribution in [-0.2, 0) is 17.9 Å². The van der Waals surface area contributed by atoms with Crippen LogP contribution in [-0.4, -0.2) is 40.3 Å². The van der Waals surface area contributed by atoms with Crippen LogP contribution in [0.25, 0.3) is 0 Å². The van der Waals surface area contributed by atoms with Crippen molar-refractivity contribution in [2.24, 2.45) is 0 Å². The summed E-state index contributed by atoms with van der Waals surface area (Å²) < 4.78 is 7.91. The number of carbonyl (C=O) groups excluding carboxylic acids is 1. The van der Waals surface area contributed by atoms with Gasteiger partial charge in [-0.15, -0.1) is 0 Å². The van der Waals surface area contributed by atoms with Crippen LogP contribution in [0.3, 0.4) is 0 Å². The maximum atomic E-state index is 13.1. The van der Waals surface area contributed by atoms with E-state index in [1.54, 1.807) is 0 Å². The number of piperidine rings is 1. The van der Waals surface area contributed by atoms with E-state index in [0.717, 1.165) is 56.8 Å². The number of amides is 1. The Kier molecular flexibility index (Phi) is 3.93. The van der Waals surface area contributed by atoms with E-state index in [1.165, 1.54) is 11.3 Å². The Morgan fingerprint density at radius 1 is 1.15 bits per heavy atom. The molecule has 1 N–H and O–H groups in total. The highest BCUT2D eigenvalue weighted by molar-refractivity contribution is 5.85. The molecule has 1 atom stereocenters. The van der Waals surface area contributed by atoms with Crippen LogP contribution in [0, 0.1) is 0 Å². The van der Waals surface area contributed by atoms with Crippen LogP contribution in [0.4, 0.5) is 0 Å². The van der Waals surface area contributed by atoms with E-state index in [4.69, 9.17) is 4.74 Å². The molecule has 1 aromatic heterocycles. The quantitative estimate of drug-likeness (QED) is 0.900. The molecule has 1 saturated heterocycles. The van der Waals surface area contributed by atoms with Gasteiger partial charge < -0.3 is 15.0 Å². The molecule has 1 aromatic carbocycles. The number of aromatic nitrogens is 2. The lowest BCUT2D eigenvalue weighted by Gasteiger charge is -2.36. The van der Waals surface area contributed by atoms with Crippen LogP contribution in [0.5, 0.6) is 5.75 Å². The van der Waals surface area contributed by atoms with E-state index in [0.29, 0.717) is 12.6 Å². The number of hydrogen-bond acceptors (Lipinski definition) is 4. The standard InChI is InChI=1S/C20H24N4O2/c25-20(17-7-10-26-19-4-2-1-3-16(17)19)23-8-5-15(6-9-23)24-18-13-21-11-14(18)12-22-24/h1-4,12,15,17,21H,5-11,13H2. The van der Waals surface area contributed by atoms with Crippen LogP contribution in [0.2, 0.25) is 0 Å². The molecule has 4 heterocycles. The van der Waals surface area contributed by atoms with Crippen LogP contribution in [0.15, 0.2) is 30.5 Å². The Morgan fingerprint density at radius 2 is 2.00 bits per heavy atom. The fourth-order valence-electron chi connectivity index (χ4n) is 4.55. The summed E-state index contributed by atoms with van der Waals surface area (Å²) in [7, 11) is 0. The van der Waals surface area contributed by atoms with Gasteiger partial charge in [0.1, 0.15) is 5.75 Å². The molecule has 3 aliphatic rings. The van der Waals surface area contributed by atoms with E-state index in [9.17, 15) is 4.79 Å². The van der Waals surface area contributed by atoms with Crippen molar-refractivity contribution in [3.05, 3.63) is 47.3 Å². The van der Waals surface area contributed by atoms with Gasteiger partial charge >= 0.3 is 0 Å². The highest BCUT2D eigenvalue weighted by Crippen LogP contribution is 2.36. The van der Waals surface area contributed by atoms with Crippen LogP contribution in [0.1, 0.15) is 48.0 Å². The van der Waals surface area contributed by atoms with Gasteiger partial charge in [0.15, 0.2) is 0 Å². The molecule has 1 unspecified atom stereocenters. The number of nitrogens with zero attached hydrogens (tertiary/aromatic N) is 3. The summed E-state index contributed by atoms with van der Waals surface area (Å²) in [5.74, 6) is 1.06. The Morgan fingerprint density at radius 3 is 2.88 bits per heavy atom. The van der Waals surface area contributed by atoms with Crippen molar-refractivity contribution in [1.82, 2.24) is 20.0 Å². The third-order valence-corrected chi connectivity index (χ3v) is 5.97. The molecule has 1 amide bonds. The number of benzene rings is 1. The summed E-state index contributed by atoms with van der Waals surface area (Å²) in [5, 5.41) is 8.00. The number of ether oxygens (including phenoxy) is 1. The zero-order valence-corrected chi connectivity index (χ0v) is 14.9. The lowest BCUT2D eigenvalue weighted by atomic mass is 9.91. The molecule has 1 fully saturated rings. The Bertz CT molecular complexity index is 823. The molecular formula is C20H24N4O2. The summed E-state index contributed by atoms with van der Waals surface area (Å²) in [6.45, 7) is 4.08. The third-order valence-electron chi connectivity index (χ3n) is 5.97. The molecule has 0 saturated carbocycles. The maximum absolute atomic E-state index is 13.1. The number of para-hydroxylation sites is 1. The molecule has 3 aliphatic heterocycles. The largest absolute Gasteiger partial charge is 0.493 e. The predicted molar refractivity (Wildman–Crippen MR) is 96.9 cm³/mol. The summed E-state index contributed by atoms with van der Waals surface area (Å²) in [5.41, 5.74) is 3.69. The highest BCUT2D eigenvalue weighted by atomic mass is 16.5. The van der Waals surface area contributed by atoms with Gasteiger partial charge in [0.2, 0.25) is 5.91 Å². The van der Waals surface area contributed by atoms with Crippen LogP contribution >= 0.6 is 0 Å². The maximum Gasteiger partial charge on any atom is 0.230 e. The van der Waals surface area contributed by atoms with Crippen LogP contribution < -0.4 is 10.1 Å². The number of rotatable bonds is 2. The van der Waals surface area contributed by atoms with E-state index in [-0.39, 0.29) is 11.8 Å². The number of nitrogens with one attached hydrogen (secondary N) is 1. The number of likely N-dealkylation sites (tertiary alicyclic amines) is 1. The van der Waals surface area contributed by atoms with Gasteiger partial charge in [-0.2, -0.15) is 5.10 Å². The topological polar surface area (TPSA) is 59.4 Å². The van der Waals surface area contributed by atoms with E-state index in [2.05, 4.69) is 15.1 Å². The molecule has 0 aliphatic carbocycles. The lowest BCUT2D eigenvalue weighted by molar-refractivity contribution is -0.134. The molecule has 0 bridgehead atoms. The molecule has 6 nitrogen and oxygen atoms in total. The van der Waals surface area contributed by atoms with Crippen molar-refractivity contribution in [1.29, 1.82) is 0 Å². The first kappa shape index (κ1) is 15.9. The Labute approximate surface area is 153 Å². The highest BCUT2D eigenvalue weighted by Gasteiger charge is 2.34. The Balaban J connectivity index is 1.28. The molecule has 0 spiro atoms. The number of carbonyl (C=O) groups is 1. The minimum absolute atomic E-state index is 0.0605. The average molecular weight is 352 g/mol. The second-order valence-electron chi connectivity index (χ2n) is 7.45. The molecule has 0 radical (unpaired) electrons. The van der Waals surface area contributed by atoms with Gasteiger partial charge in [0.05, 0.1) is 30.5 Å². The molecule has 136 valence electrons. The van der Waals surface area contributed by atoms with Gasteiger partial charge in [-0.3, -0.25) is 9.48 Å². The fraction of sp³-hybridized carbons (Fsp3) is 0.500. The van der Waals surface area contributed by atoms with Gasteiger partial charge in [0, 0.05) is 37.3 Å². The minimum atomic E-state index is -0.0605. The van der Waals surface area contributed by atoms with Gasteiger partial charge in [0.25, 0.3) is 0 Å². The summed E-state index contributed by atoms with van der Waals surface area (Å²) in [6, 6.07) is 8.36. The first-order valence-corrected chi connectivity index (χ1v) is 9.58. The first-order chi connectivity index (χ1) is 12.8. The van der Waals surface area contributed by atoms with E-state index >= 15 is 0 Å². The SMILES string of the molecule is O=C(C1CCOc2ccccc21)N1CCC(n2ncc3c2CNC3)CC1. The summed E-state index contributed by atoms with van der Waals surface area (Å²) in [6.07, 6.45) is 4.72. The van der Waals surface area contributed by atoms with Crippen molar-refractivity contribution < 1.29 is 9.53 Å². The van der Waals surface area contributed by atoms with Gasteiger partial charge in [-0.05, 0) is 25.3 Å². The normalized spacial score (nSPS) is 22.6. The monoisotopic (exact) mass is 352 g/mol. The molecular weight excluding hydrogens is 328 g/mol. The van der Waals surface area contributed by atoms with Crippen molar-refractivity contribution in [2.75, 3.05) is 19.7 Å². The van der Waals surface area contributed by atoms with Crippen molar-refractivity contribution in [3.8, 4) is 5.75 Å². The van der Waals surface area contributed by atoms with E-state index in [1.807, 2.05) is 35.4 Å². The van der Waals surface area contributed by atoms with Gasteiger partial charge in [-0.25, -0.2) is 0 Å². The lowest BCUT2D eigenvalue weighted by Crippen LogP contribution is -2.42. The second-order valence-corrected chi connectivity index (χ2v) is 7.45. The fourth-order valence-corrected chi connectivity index (χ4v) is 4.55. The predicted octanol–water partition coefficient (Wildman–Crippen LogP) is 2.22. The third kappa shape index (κ3) is 2.60. The smallest absolute Gasteiger partial charge is 0.230 e. The summed E-state index contributed by atoms with van der Waals surface area (Å²) >= 11 is 0. The first-order valence-electron chi connectivity index (χ1n) is 9.58. The molecule has 26 heavy (non-hydrogen) atoms.